The number of hydrogen-bond acceptors (Lipinski definition) is 3. The molecule has 0 unspecified atom stereocenters. The van der Waals surface area contributed by atoms with Gasteiger partial charge in [-0.1, -0.05) is 40.5 Å². The first-order chi connectivity index (χ1) is 9.47. The number of carbonyl (C=O) groups excluding carboxylic acids is 1. The second kappa shape index (κ2) is 9.37. The Labute approximate surface area is 123 Å². The van der Waals surface area contributed by atoms with Crippen LogP contribution >= 0.6 is 0 Å². The van der Waals surface area contributed by atoms with Crippen LogP contribution in [0.1, 0.15) is 59.8 Å². The van der Waals surface area contributed by atoms with Crippen molar-refractivity contribution < 1.29 is 4.79 Å². The summed E-state index contributed by atoms with van der Waals surface area (Å²) >= 11 is 0. The zero-order valence-electron chi connectivity index (χ0n) is 13.3. The van der Waals surface area contributed by atoms with Crippen molar-refractivity contribution in [2.75, 3.05) is 13.1 Å². The van der Waals surface area contributed by atoms with E-state index in [-0.39, 0.29) is 5.91 Å². The summed E-state index contributed by atoms with van der Waals surface area (Å²) in [5, 5.41) is 18.3. The van der Waals surface area contributed by atoms with Gasteiger partial charge in [0.1, 0.15) is 5.41 Å². The minimum absolute atomic E-state index is 0.0901. The Kier molecular flexibility index (Phi) is 8.64. The zero-order chi connectivity index (χ0) is 15.6. The van der Waals surface area contributed by atoms with E-state index in [1.165, 1.54) is 0 Å². The van der Waals surface area contributed by atoms with Gasteiger partial charge in [0.05, 0.1) is 18.6 Å². The molecule has 0 aliphatic carbocycles. The molecule has 0 aromatic heterocycles. The maximum atomic E-state index is 12.8. The molecule has 0 aliphatic rings. The Bertz CT molecular complexity index is 370. The Balaban J connectivity index is 5.23. The molecule has 0 radical (unpaired) electrons. The number of nitriles is 2. The number of rotatable bonds is 9. The quantitative estimate of drug-likeness (QED) is 0.647. The van der Waals surface area contributed by atoms with Crippen molar-refractivity contribution in [2.24, 2.45) is 11.3 Å². The average Bonchev–Trinajstić information content (AvgIpc) is 2.41. The van der Waals surface area contributed by atoms with Crippen molar-refractivity contribution in [3.8, 4) is 12.1 Å². The van der Waals surface area contributed by atoms with Crippen LogP contribution in [0.5, 0.6) is 0 Å². The van der Waals surface area contributed by atoms with E-state index in [1.54, 1.807) is 4.90 Å². The highest BCUT2D eigenvalue weighted by molar-refractivity contribution is 5.85. The molecular formula is C16H27N3O. The van der Waals surface area contributed by atoms with Crippen molar-refractivity contribution >= 4 is 5.91 Å². The minimum atomic E-state index is -0.909. The summed E-state index contributed by atoms with van der Waals surface area (Å²) in [5.41, 5.74) is -0.909. The van der Waals surface area contributed by atoms with E-state index in [4.69, 9.17) is 5.26 Å². The molecule has 0 rings (SSSR count). The Morgan fingerprint density at radius 1 is 1.20 bits per heavy atom. The van der Waals surface area contributed by atoms with Gasteiger partial charge in [-0.15, -0.1) is 0 Å². The van der Waals surface area contributed by atoms with E-state index in [0.717, 1.165) is 12.8 Å². The molecule has 20 heavy (non-hydrogen) atoms. The van der Waals surface area contributed by atoms with Gasteiger partial charge in [0.15, 0.2) is 0 Å². The Morgan fingerprint density at radius 2 is 1.75 bits per heavy atom. The average molecular weight is 277 g/mol. The van der Waals surface area contributed by atoms with Crippen LogP contribution in [0.2, 0.25) is 0 Å². The SMILES string of the molecule is CCCC(C#N)(CCC)C(=O)N(CCC#N)CC(C)C. The predicted molar refractivity (Wildman–Crippen MR) is 79.5 cm³/mol. The van der Waals surface area contributed by atoms with Crippen LogP contribution < -0.4 is 0 Å². The standard InChI is InChI=1S/C16H27N3O/c1-5-8-16(13-18,9-6-2)15(20)19(11-7-10-17)12-14(3)4/h14H,5-9,11-12H2,1-4H3. The highest BCUT2D eigenvalue weighted by atomic mass is 16.2. The van der Waals surface area contributed by atoms with Crippen LogP contribution in [0.25, 0.3) is 0 Å². The van der Waals surface area contributed by atoms with Crippen LogP contribution in [0.3, 0.4) is 0 Å². The molecule has 0 bridgehead atoms. The molecule has 0 saturated heterocycles. The Morgan fingerprint density at radius 3 is 2.10 bits per heavy atom. The van der Waals surface area contributed by atoms with Gasteiger partial charge in [-0.3, -0.25) is 4.79 Å². The summed E-state index contributed by atoms with van der Waals surface area (Å²) in [4.78, 5) is 14.5. The van der Waals surface area contributed by atoms with Gasteiger partial charge in [0, 0.05) is 13.1 Å². The third kappa shape index (κ3) is 5.21. The maximum Gasteiger partial charge on any atom is 0.243 e. The van der Waals surface area contributed by atoms with Crippen molar-refractivity contribution in [3.05, 3.63) is 0 Å². The lowest BCUT2D eigenvalue weighted by Gasteiger charge is -2.33. The highest BCUT2D eigenvalue weighted by Gasteiger charge is 2.39. The number of amides is 1. The fourth-order valence-corrected chi connectivity index (χ4v) is 2.56. The molecule has 1 amide bonds. The molecule has 0 aromatic rings. The van der Waals surface area contributed by atoms with Crippen LogP contribution in [0.15, 0.2) is 0 Å². The van der Waals surface area contributed by atoms with Gasteiger partial charge >= 0.3 is 0 Å². The Hall–Kier alpha value is -1.55. The van der Waals surface area contributed by atoms with Gasteiger partial charge in [-0.05, 0) is 18.8 Å². The first-order valence-corrected chi connectivity index (χ1v) is 7.55. The second-order valence-electron chi connectivity index (χ2n) is 5.75. The van der Waals surface area contributed by atoms with E-state index < -0.39 is 5.41 Å². The van der Waals surface area contributed by atoms with E-state index in [9.17, 15) is 10.1 Å². The van der Waals surface area contributed by atoms with Gasteiger partial charge in [0.25, 0.3) is 0 Å². The molecule has 0 N–H and O–H groups in total. The lowest BCUT2D eigenvalue weighted by molar-refractivity contribution is -0.140. The third-order valence-corrected chi connectivity index (χ3v) is 3.34. The first kappa shape index (κ1) is 18.4. The predicted octanol–water partition coefficient (Wildman–Crippen LogP) is 3.49. The second-order valence-corrected chi connectivity index (χ2v) is 5.75. The van der Waals surface area contributed by atoms with Gasteiger partial charge in [0.2, 0.25) is 5.91 Å². The minimum Gasteiger partial charge on any atom is -0.340 e. The molecule has 0 fully saturated rings. The highest BCUT2D eigenvalue weighted by Crippen LogP contribution is 2.32. The van der Waals surface area contributed by atoms with Crippen LogP contribution in [-0.4, -0.2) is 23.9 Å². The monoisotopic (exact) mass is 277 g/mol. The van der Waals surface area contributed by atoms with Crippen molar-refractivity contribution in [2.45, 2.75) is 59.8 Å². The van der Waals surface area contributed by atoms with E-state index in [2.05, 4.69) is 12.1 Å². The molecule has 112 valence electrons. The summed E-state index contributed by atoms with van der Waals surface area (Å²) < 4.78 is 0. The molecule has 0 aliphatic heterocycles. The fourth-order valence-electron chi connectivity index (χ4n) is 2.56. The number of hydrogen-bond donors (Lipinski definition) is 0. The molecule has 0 heterocycles. The third-order valence-electron chi connectivity index (χ3n) is 3.34. The molecule has 0 saturated carbocycles. The van der Waals surface area contributed by atoms with E-state index in [1.807, 2.05) is 27.7 Å². The van der Waals surface area contributed by atoms with Crippen LogP contribution in [0, 0.1) is 34.0 Å². The fraction of sp³-hybridized carbons (Fsp3) is 0.812. The summed E-state index contributed by atoms with van der Waals surface area (Å²) in [5.74, 6) is 0.241. The van der Waals surface area contributed by atoms with E-state index >= 15 is 0 Å². The van der Waals surface area contributed by atoms with Gasteiger partial charge in [-0.2, -0.15) is 10.5 Å². The van der Waals surface area contributed by atoms with Crippen LogP contribution in [0.4, 0.5) is 0 Å². The molecule has 4 nitrogen and oxygen atoms in total. The molecule has 0 spiro atoms. The lowest BCUT2D eigenvalue weighted by atomic mass is 9.79. The van der Waals surface area contributed by atoms with E-state index in [0.29, 0.717) is 38.3 Å². The summed E-state index contributed by atoms with van der Waals surface area (Å²) in [7, 11) is 0. The van der Waals surface area contributed by atoms with Gasteiger partial charge in [-0.25, -0.2) is 0 Å². The lowest BCUT2D eigenvalue weighted by Crippen LogP contribution is -2.45. The largest absolute Gasteiger partial charge is 0.340 e. The smallest absolute Gasteiger partial charge is 0.243 e. The van der Waals surface area contributed by atoms with Crippen molar-refractivity contribution in [1.29, 1.82) is 10.5 Å². The number of carbonyl (C=O) groups is 1. The zero-order valence-corrected chi connectivity index (χ0v) is 13.3. The summed E-state index contributed by atoms with van der Waals surface area (Å²) in [6, 6.07) is 4.36. The van der Waals surface area contributed by atoms with Crippen molar-refractivity contribution in [1.82, 2.24) is 4.90 Å². The van der Waals surface area contributed by atoms with Crippen LogP contribution in [-0.2, 0) is 4.79 Å². The normalized spacial score (nSPS) is 10.9. The molecule has 4 heteroatoms. The first-order valence-electron chi connectivity index (χ1n) is 7.55. The number of nitrogens with zero attached hydrogens (tertiary/aromatic N) is 3. The maximum absolute atomic E-state index is 12.8. The summed E-state index contributed by atoms with van der Waals surface area (Å²) in [6.07, 6.45) is 3.13. The molecule has 0 atom stereocenters. The topological polar surface area (TPSA) is 67.9 Å². The molecular weight excluding hydrogens is 250 g/mol. The molecule has 0 aromatic carbocycles. The van der Waals surface area contributed by atoms with Gasteiger partial charge < -0.3 is 4.90 Å². The van der Waals surface area contributed by atoms with Crippen molar-refractivity contribution in [3.63, 3.8) is 0 Å². The summed E-state index contributed by atoms with van der Waals surface area (Å²) in [6.45, 7) is 9.11.